The molecule has 1 heterocycles. The summed E-state index contributed by atoms with van der Waals surface area (Å²) in [5.74, 6) is -2.51. The molecule has 0 unspecified atom stereocenters. The summed E-state index contributed by atoms with van der Waals surface area (Å²) in [7, 11) is 0. The molecule has 0 bridgehead atoms. The van der Waals surface area contributed by atoms with Gasteiger partial charge in [-0.15, -0.1) is 0 Å². The van der Waals surface area contributed by atoms with Crippen LogP contribution in [0.5, 0.6) is 0 Å². The van der Waals surface area contributed by atoms with E-state index in [1.54, 1.807) is 6.07 Å². The van der Waals surface area contributed by atoms with Gasteiger partial charge in [-0.3, -0.25) is 0 Å². The summed E-state index contributed by atoms with van der Waals surface area (Å²) in [4.78, 5) is 19.1. The Morgan fingerprint density at radius 3 is 1.96 bits per heavy atom. The van der Waals surface area contributed by atoms with Gasteiger partial charge in [0.2, 0.25) is 0 Å². The van der Waals surface area contributed by atoms with E-state index in [0.717, 1.165) is 18.5 Å². The second kappa shape index (κ2) is 9.44. The number of benzene rings is 1. The Morgan fingerprint density at radius 1 is 1.07 bits per heavy atom. The number of aliphatic carboxylic acids is 2. The lowest BCUT2D eigenvalue weighted by Crippen LogP contribution is -2.60. The van der Waals surface area contributed by atoms with Gasteiger partial charge in [0.05, 0.1) is 10.7 Å². The third-order valence-corrected chi connectivity index (χ3v) is 4.40. The molecule has 8 heteroatoms. The third kappa shape index (κ3) is 9.13. The Labute approximate surface area is 169 Å². The van der Waals surface area contributed by atoms with E-state index >= 15 is 0 Å². The molecular formula is C19H26Cl2N2O4. The van der Waals surface area contributed by atoms with Crippen LogP contribution in [0.25, 0.3) is 0 Å². The van der Waals surface area contributed by atoms with Crippen LogP contribution in [-0.4, -0.2) is 39.3 Å². The molecule has 0 saturated carbocycles. The highest BCUT2D eigenvalue weighted by molar-refractivity contribution is 6.36. The molecule has 0 amide bonds. The first kappa shape index (κ1) is 23.3. The monoisotopic (exact) mass is 416 g/mol. The minimum Gasteiger partial charge on any atom is -0.478 e. The average Bonchev–Trinajstić information content (AvgIpc) is 2.45. The van der Waals surface area contributed by atoms with Crippen LogP contribution in [-0.2, 0) is 9.59 Å². The van der Waals surface area contributed by atoms with Crippen molar-refractivity contribution in [2.75, 3.05) is 5.32 Å². The fourth-order valence-corrected chi connectivity index (χ4v) is 3.86. The Balaban J connectivity index is 0.000000387. The summed E-state index contributed by atoms with van der Waals surface area (Å²) in [6.07, 6.45) is 3.25. The average molecular weight is 417 g/mol. The predicted molar refractivity (Wildman–Crippen MR) is 109 cm³/mol. The molecule has 6 nitrogen and oxygen atoms in total. The molecule has 1 aromatic carbocycles. The number of carboxylic acid groups (broad SMARTS) is 2. The molecule has 1 fully saturated rings. The molecule has 1 aromatic rings. The van der Waals surface area contributed by atoms with Crippen LogP contribution in [0.1, 0.15) is 40.5 Å². The van der Waals surface area contributed by atoms with Crippen molar-refractivity contribution in [3.63, 3.8) is 0 Å². The number of nitrogens with one attached hydrogen (secondary N) is 2. The number of hydrogen-bond donors (Lipinski definition) is 4. The van der Waals surface area contributed by atoms with Crippen molar-refractivity contribution < 1.29 is 19.8 Å². The van der Waals surface area contributed by atoms with Gasteiger partial charge < -0.3 is 20.8 Å². The zero-order valence-corrected chi connectivity index (χ0v) is 17.4. The van der Waals surface area contributed by atoms with Gasteiger partial charge in [0.15, 0.2) is 0 Å². The zero-order valence-electron chi connectivity index (χ0n) is 15.8. The number of halogens is 2. The van der Waals surface area contributed by atoms with Crippen LogP contribution in [0.3, 0.4) is 0 Å². The van der Waals surface area contributed by atoms with Crippen molar-refractivity contribution in [3.05, 3.63) is 40.4 Å². The first-order valence-electron chi connectivity index (χ1n) is 8.44. The SMILES string of the molecule is CC1(C)CC(Nc2ccc(Cl)cc2Cl)CC(C)(C)N1.O=C(O)/C=C/C(=O)O. The van der Waals surface area contributed by atoms with Crippen LogP contribution in [0.2, 0.25) is 10.0 Å². The Morgan fingerprint density at radius 2 is 1.56 bits per heavy atom. The van der Waals surface area contributed by atoms with E-state index < -0.39 is 11.9 Å². The lowest BCUT2D eigenvalue weighted by Gasteiger charge is -2.47. The second-order valence-corrected chi connectivity index (χ2v) is 8.62. The lowest BCUT2D eigenvalue weighted by molar-refractivity contribution is -0.134. The number of rotatable bonds is 4. The van der Waals surface area contributed by atoms with Crippen molar-refractivity contribution in [3.8, 4) is 0 Å². The van der Waals surface area contributed by atoms with Crippen LogP contribution >= 0.6 is 23.2 Å². The maximum Gasteiger partial charge on any atom is 0.328 e. The van der Waals surface area contributed by atoms with Crippen LogP contribution in [0.4, 0.5) is 5.69 Å². The maximum atomic E-state index is 9.55. The molecule has 0 aliphatic carbocycles. The molecule has 4 N–H and O–H groups in total. The topological polar surface area (TPSA) is 98.7 Å². The fraction of sp³-hybridized carbons (Fsp3) is 0.474. The number of hydrogen-bond acceptors (Lipinski definition) is 4. The fourth-order valence-electron chi connectivity index (χ4n) is 3.39. The number of piperidine rings is 1. The molecule has 0 atom stereocenters. The van der Waals surface area contributed by atoms with Crippen molar-refractivity contribution in [2.24, 2.45) is 0 Å². The van der Waals surface area contributed by atoms with E-state index in [9.17, 15) is 9.59 Å². The molecule has 27 heavy (non-hydrogen) atoms. The maximum absolute atomic E-state index is 9.55. The van der Waals surface area contributed by atoms with Gasteiger partial charge in [0.1, 0.15) is 0 Å². The van der Waals surface area contributed by atoms with E-state index in [-0.39, 0.29) is 11.1 Å². The molecular weight excluding hydrogens is 391 g/mol. The molecule has 2 rings (SSSR count). The highest BCUT2D eigenvalue weighted by Gasteiger charge is 2.37. The summed E-state index contributed by atoms with van der Waals surface area (Å²) < 4.78 is 0. The highest BCUT2D eigenvalue weighted by atomic mass is 35.5. The summed E-state index contributed by atoms with van der Waals surface area (Å²) >= 11 is 12.2. The van der Waals surface area contributed by atoms with Gasteiger partial charge in [-0.2, -0.15) is 0 Å². The Hall–Kier alpha value is -1.76. The zero-order chi connectivity index (χ0) is 20.8. The standard InChI is InChI=1S/C15H22Cl2N2.C4H4O4/c1-14(2)8-11(9-15(3,4)19-14)18-13-6-5-10(16)7-12(13)17;5-3(6)1-2-4(7)8/h5-7,11,18-19H,8-9H2,1-4H3;1-2H,(H,5,6)(H,7,8)/b;2-1+. The van der Waals surface area contributed by atoms with E-state index in [0.29, 0.717) is 28.2 Å². The van der Waals surface area contributed by atoms with Gasteiger partial charge in [-0.05, 0) is 58.7 Å². The van der Waals surface area contributed by atoms with E-state index in [1.807, 2.05) is 12.1 Å². The van der Waals surface area contributed by atoms with E-state index in [4.69, 9.17) is 33.4 Å². The first-order chi connectivity index (χ1) is 12.3. The van der Waals surface area contributed by atoms with Gasteiger partial charge in [0, 0.05) is 34.3 Å². The summed E-state index contributed by atoms with van der Waals surface area (Å²) in [6, 6.07) is 6.01. The molecule has 1 aliphatic rings. The quantitative estimate of drug-likeness (QED) is 0.541. The summed E-state index contributed by atoms with van der Waals surface area (Å²) in [5.41, 5.74) is 1.21. The Kier molecular flexibility index (Phi) is 8.14. The molecule has 150 valence electrons. The highest BCUT2D eigenvalue weighted by Crippen LogP contribution is 2.33. The van der Waals surface area contributed by atoms with E-state index in [1.165, 1.54) is 0 Å². The third-order valence-electron chi connectivity index (χ3n) is 3.85. The normalized spacial score (nSPS) is 18.4. The van der Waals surface area contributed by atoms with Gasteiger partial charge in [-0.1, -0.05) is 23.2 Å². The van der Waals surface area contributed by atoms with E-state index in [2.05, 4.69) is 38.3 Å². The number of anilines is 1. The smallest absolute Gasteiger partial charge is 0.328 e. The summed E-state index contributed by atoms with van der Waals surface area (Å²) in [6.45, 7) is 8.97. The minimum absolute atomic E-state index is 0.123. The van der Waals surface area contributed by atoms with Crippen LogP contribution < -0.4 is 10.6 Å². The van der Waals surface area contributed by atoms with Gasteiger partial charge in [-0.25, -0.2) is 9.59 Å². The molecule has 0 aromatic heterocycles. The van der Waals surface area contributed by atoms with Crippen LogP contribution in [0.15, 0.2) is 30.4 Å². The van der Waals surface area contributed by atoms with Crippen molar-refractivity contribution in [1.82, 2.24) is 5.32 Å². The minimum atomic E-state index is -1.26. The summed E-state index contributed by atoms with van der Waals surface area (Å²) in [5, 5.41) is 24.2. The lowest BCUT2D eigenvalue weighted by atomic mass is 9.79. The second-order valence-electron chi connectivity index (χ2n) is 7.78. The first-order valence-corrected chi connectivity index (χ1v) is 9.20. The molecule has 0 spiro atoms. The van der Waals surface area contributed by atoms with Gasteiger partial charge >= 0.3 is 11.9 Å². The van der Waals surface area contributed by atoms with Crippen molar-refractivity contribution in [2.45, 2.75) is 57.7 Å². The number of carbonyl (C=O) groups is 2. The Bertz CT molecular complexity index is 686. The largest absolute Gasteiger partial charge is 0.478 e. The predicted octanol–water partition coefficient (Wildman–Crippen LogP) is 4.43. The van der Waals surface area contributed by atoms with Crippen molar-refractivity contribution >= 4 is 40.8 Å². The molecule has 0 radical (unpaired) electrons. The number of carboxylic acids is 2. The van der Waals surface area contributed by atoms with Gasteiger partial charge in [0.25, 0.3) is 0 Å². The van der Waals surface area contributed by atoms with Crippen molar-refractivity contribution in [1.29, 1.82) is 0 Å². The van der Waals surface area contributed by atoms with Crippen LogP contribution in [0, 0.1) is 0 Å². The molecule has 1 aliphatic heterocycles. The molecule has 1 saturated heterocycles.